The monoisotopic (exact) mass is 422 g/mol. The van der Waals surface area contributed by atoms with E-state index in [0.717, 1.165) is 33.8 Å². The summed E-state index contributed by atoms with van der Waals surface area (Å²) >= 11 is 0. The lowest BCUT2D eigenvalue weighted by molar-refractivity contribution is -0.138. The number of allylic oxidation sites excluding steroid dienone is 1. The first-order valence-electron chi connectivity index (χ1n) is 10.2. The predicted octanol–water partition coefficient (Wildman–Crippen LogP) is 6.56. The molecular formula is C25H21F3N2O. The third kappa shape index (κ3) is 3.21. The minimum absolute atomic E-state index is 0.0764. The maximum Gasteiger partial charge on any atom is 0.416 e. The fourth-order valence-corrected chi connectivity index (χ4v) is 4.96. The van der Waals surface area contributed by atoms with E-state index in [0.29, 0.717) is 18.4 Å². The van der Waals surface area contributed by atoms with Gasteiger partial charge in [0.15, 0.2) is 5.78 Å². The molecule has 1 atom stereocenters. The number of aromatic nitrogens is 1. The second kappa shape index (κ2) is 6.67. The molecule has 1 aliphatic carbocycles. The van der Waals surface area contributed by atoms with E-state index in [1.807, 2.05) is 38.1 Å². The third-order valence-corrected chi connectivity index (χ3v) is 6.17. The number of benzene rings is 2. The quantitative estimate of drug-likeness (QED) is 0.483. The normalized spacial score (nSPS) is 20.3. The van der Waals surface area contributed by atoms with Crippen molar-refractivity contribution in [3.63, 3.8) is 0 Å². The summed E-state index contributed by atoms with van der Waals surface area (Å²) in [5.74, 6) is -0.104. The van der Waals surface area contributed by atoms with Gasteiger partial charge in [-0.05, 0) is 47.2 Å². The van der Waals surface area contributed by atoms with Crippen molar-refractivity contribution in [1.29, 1.82) is 0 Å². The minimum atomic E-state index is -4.51. The molecule has 31 heavy (non-hydrogen) atoms. The van der Waals surface area contributed by atoms with Gasteiger partial charge < -0.3 is 5.32 Å². The van der Waals surface area contributed by atoms with Crippen LogP contribution in [0.3, 0.4) is 0 Å². The average Bonchev–Trinajstić information content (AvgIpc) is 2.71. The van der Waals surface area contributed by atoms with Gasteiger partial charge in [-0.1, -0.05) is 38.1 Å². The fourth-order valence-electron chi connectivity index (χ4n) is 4.96. The van der Waals surface area contributed by atoms with Crippen LogP contribution in [0.25, 0.3) is 16.5 Å². The van der Waals surface area contributed by atoms with E-state index in [2.05, 4.69) is 10.3 Å². The zero-order chi connectivity index (χ0) is 22.0. The highest BCUT2D eigenvalue weighted by molar-refractivity contribution is 6.12. The Balaban J connectivity index is 1.81. The molecule has 0 unspecified atom stereocenters. The van der Waals surface area contributed by atoms with Gasteiger partial charge in [0.25, 0.3) is 0 Å². The van der Waals surface area contributed by atoms with Crippen LogP contribution in [0, 0.1) is 5.41 Å². The van der Waals surface area contributed by atoms with Gasteiger partial charge in [0.1, 0.15) is 0 Å². The number of carbonyl (C=O) groups excluding carboxylic acids is 1. The van der Waals surface area contributed by atoms with Gasteiger partial charge in [-0.25, -0.2) is 0 Å². The summed E-state index contributed by atoms with van der Waals surface area (Å²) < 4.78 is 41.4. The molecule has 2 aromatic carbocycles. The first-order chi connectivity index (χ1) is 14.7. The lowest BCUT2D eigenvalue weighted by Crippen LogP contribution is -2.34. The van der Waals surface area contributed by atoms with Crippen LogP contribution in [0.2, 0.25) is 0 Å². The number of nitrogens with zero attached hydrogens (tertiary/aromatic N) is 1. The van der Waals surface area contributed by atoms with E-state index in [1.54, 1.807) is 12.3 Å². The van der Waals surface area contributed by atoms with Crippen molar-refractivity contribution in [2.75, 3.05) is 5.32 Å². The Morgan fingerprint density at radius 1 is 1.03 bits per heavy atom. The molecule has 0 saturated heterocycles. The number of hydrogen-bond donors (Lipinski definition) is 1. The molecule has 1 N–H and O–H groups in total. The molecule has 2 aliphatic rings. The summed E-state index contributed by atoms with van der Waals surface area (Å²) in [5.41, 5.74) is 2.75. The molecule has 3 nitrogen and oxygen atoms in total. The Labute approximate surface area is 178 Å². The molecule has 0 saturated carbocycles. The second-order valence-electron chi connectivity index (χ2n) is 9.05. The number of ketones is 1. The number of anilines is 1. The van der Waals surface area contributed by atoms with Gasteiger partial charge in [0, 0.05) is 34.8 Å². The van der Waals surface area contributed by atoms with E-state index < -0.39 is 17.8 Å². The standard InChI is InChI=1S/C25H21F3N2O/c1-24(2)12-16-21-15-7-5-11-29-18(15)9-10-19(21)30-23(22(16)20(31)13-24)14-6-3-4-8-17(14)25(26,27)28/h3-11,23,30H,12-13H2,1-2H3/t23-/m1/s1. The highest BCUT2D eigenvalue weighted by Crippen LogP contribution is 2.52. The topological polar surface area (TPSA) is 42.0 Å². The van der Waals surface area contributed by atoms with Crippen molar-refractivity contribution >= 4 is 27.9 Å². The number of Topliss-reactive ketones (excluding diaryl/α,β-unsaturated/α-hetero) is 1. The molecule has 5 rings (SSSR count). The molecule has 0 fully saturated rings. The summed E-state index contributed by atoms with van der Waals surface area (Å²) in [5, 5.41) is 4.16. The minimum Gasteiger partial charge on any atom is -0.373 e. The van der Waals surface area contributed by atoms with Gasteiger partial charge in [0.05, 0.1) is 17.1 Å². The largest absolute Gasteiger partial charge is 0.416 e. The summed E-state index contributed by atoms with van der Waals surface area (Å²) in [6.45, 7) is 4.05. The number of carbonyl (C=O) groups is 1. The first kappa shape index (κ1) is 19.8. The molecule has 0 spiro atoms. The number of pyridine rings is 1. The van der Waals surface area contributed by atoms with Crippen LogP contribution in [0.1, 0.15) is 49.4 Å². The smallest absolute Gasteiger partial charge is 0.373 e. The number of fused-ring (bicyclic) bond motifs is 4. The van der Waals surface area contributed by atoms with Crippen LogP contribution >= 0.6 is 0 Å². The number of hydrogen-bond acceptors (Lipinski definition) is 3. The van der Waals surface area contributed by atoms with Crippen LogP contribution in [0.15, 0.2) is 60.3 Å². The third-order valence-electron chi connectivity index (χ3n) is 6.17. The van der Waals surface area contributed by atoms with Crippen molar-refractivity contribution in [3.8, 4) is 0 Å². The highest BCUT2D eigenvalue weighted by atomic mass is 19.4. The molecule has 0 bridgehead atoms. The summed E-state index contributed by atoms with van der Waals surface area (Å²) in [4.78, 5) is 17.8. The zero-order valence-electron chi connectivity index (χ0n) is 17.2. The Morgan fingerprint density at radius 3 is 2.58 bits per heavy atom. The number of alkyl halides is 3. The molecule has 2 heterocycles. The summed E-state index contributed by atoms with van der Waals surface area (Å²) in [6, 6.07) is 12.2. The number of nitrogens with one attached hydrogen (secondary N) is 1. The average molecular weight is 422 g/mol. The number of halogens is 3. The lowest BCUT2D eigenvalue weighted by atomic mass is 9.67. The number of rotatable bonds is 1. The highest BCUT2D eigenvalue weighted by Gasteiger charge is 2.43. The Hall–Kier alpha value is -3.15. The van der Waals surface area contributed by atoms with E-state index in [-0.39, 0.29) is 16.8 Å². The van der Waals surface area contributed by atoms with Crippen molar-refractivity contribution < 1.29 is 18.0 Å². The molecule has 0 radical (unpaired) electrons. The van der Waals surface area contributed by atoms with Gasteiger partial charge in [-0.3, -0.25) is 9.78 Å². The van der Waals surface area contributed by atoms with Gasteiger partial charge in [-0.2, -0.15) is 13.2 Å². The summed E-state index contributed by atoms with van der Waals surface area (Å²) in [7, 11) is 0. The Bertz CT molecular complexity index is 1260. The molecule has 6 heteroatoms. The summed E-state index contributed by atoms with van der Waals surface area (Å²) in [6.07, 6.45) is -1.89. The second-order valence-corrected chi connectivity index (χ2v) is 9.05. The Morgan fingerprint density at radius 2 is 1.81 bits per heavy atom. The molecule has 0 amide bonds. The molecule has 1 aliphatic heterocycles. The fraction of sp³-hybridized carbons (Fsp3) is 0.280. The van der Waals surface area contributed by atoms with Crippen LogP contribution in [0.5, 0.6) is 0 Å². The molecule has 1 aromatic heterocycles. The Kier molecular flexibility index (Phi) is 4.26. The van der Waals surface area contributed by atoms with Crippen LogP contribution in [-0.4, -0.2) is 10.8 Å². The molecule has 158 valence electrons. The first-order valence-corrected chi connectivity index (χ1v) is 10.2. The predicted molar refractivity (Wildman–Crippen MR) is 114 cm³/mol. The zero-order valence-corrected chi connectivity index (χ0v) is 17.2. The van der Waals surface area contributed by atoms with E-state index in [4.69, 9.17) is 0 Å². The van der Waals surface area contributed by atoms with Crippen molar-refractivity contribution in [3.05, 3.63) is 77.0 Å². The van der Waals surface area contributed by atoms with Crippen LogP contribution in [-0.2, 0) is 11.0 Å². The van der Waals surface area contributed by atoms with Crippen molar-refractivity contribution in [1.82, 2.24) is 4.98 Å². The van der Waals surface area contributed by atoms with E-state index >= 15 is 0 Å². The SMILES string of the molecule is CC1(C)CC(=O)C2=C(C1)c1c(ccc3ncccc13)N[C@@H]2c1ccccc1C(F)(F)F. The van der Waals surface area contributed by atoms with Gasteiger partial charge >= 0.3 is 6.18 Å². The van der Waals surface area contributed by atoms with E-state index in [1.165, 1.54) is 12.1 Å². The van der Waals surface area contributed by atoms with Gasteiger partial charge in [0.2, 0.25) is 0 Å². The van der Waals surface area contributed by atoms with Gasteiger partial charge in [-0.15, -0.1) is 0 Å². The van der Waals surface area contributed by atoms with Crippen molar-refractivity contribution in [2.45, 2.75) is 38.9 Å². The maximum absolute atomic E-state index is 13.8. The molecular weight excluding hydrogens is 401 g/mol. The lowest BCUT2D eigenvalue weighted by Gasteiger charge is -2.40. The maximum atomic E-state index is 13.8. The van der Waals surface area contributed by atoms with Crippen LogP contribution < -0.4 is 5.32 Å². The van der Waals surface area contributed by atoms with Crippen molar-refractivity contribution in [2.24, 2.45) is 5.41 Å². The van der Waals surface area contributed by atoms with E-state index in [9.17, 15) is 18.0 Å². The van der Waals surface area contributed by atoms with Crippen LogP contribution in [0.4, 0.5) is 18.9 Å². The molecule has 3 aromatic rings.